The number of anilines is 1. The summed E-state index contributed by atoms with van der Waals surface area (Å²) in [5.74, 6) is -0.509. The maximum absolute atomic E-state index is 11.5. The van der Waals surface area contributed by atoms with E-state index in [0.717, 1.165) is 16.8 Å². The third-order valence-corrected chi connectivity index (χ3v) is 2.97. The van der Waals surface area contributed by atoms with Crippen molar-refractivity contribution in [3.8, 4) is 0 Å². The fraction of sp³-hybridized carbons (Fsp3) is 0.111. The number of carbonyl (C=O) groups excluding carboxylic acids is 1. The predicted octanol–water partition coefficient (Wildman–Crippen LogP) is 3.34. The van der Waals surface area contributed by atoms with E-state index < -0.39 is 5.97 Å². The van der Waals surface area contributed by atoms with Crippen LogP contribution in [0.5, 0.6) is 0 Å². The fourth-order valence-electron chi connectivity index (χ4n) is 1.76. The summed E-state index contributed by atoms with van der Waals surface area (Å²) in [6.45, 7) is 0. The van der Waals surface area contributed by atoms with Crippen molar-refractivity contribution < 1.29 is 9.63 Å². The Kier molecular flexibility index (Phi) is 5.49. The molecule has 0 aliphatic rings. The van der Waals surface area contributed by atoms with Gasteiger partial charge < -0.3 is 9.74 Å². The number of nitrogens with zero attached hydrogens (tertiary/aromatic N) is 2. The SMILES string of the molecule is CN(C)c1ccc(/C=N/OC(=O)/C=C/c2ccccc2)cc1. The second kappa shape index (κ2) is 7.78. The van der Waals surface area contributed by atoms with Gasteiger partial charge in [0.15, 0.2) is 0 Å². The van der Waals surface area contributed by atoms with E-state index >= 15 is 0 Å². The summed E-state index contributed by atoms with van der Waals surface area (Å²) in [4.78, 5) is 18.3. The van der Waals surface area contributed by atoms with Gasteiger partial charge in [-0.2, -0.15) is 0 Å². The Morgan fingerprint density at radius 2 is 1.68 bits per heavy atom. The quantitative estimate of drug-likeness (QED) is 0.367. The van der Waals surface area contributed by atoms with Gasteiger partial charge in [-0.05, 0) is 29.3 Å². The van der Waals surface area contributed by atoms with E-state index in [-0.39, 0.29) is 0 Å². The highest BCUT2D eigenvalue weighted by molar-refractivity contribution is 5.88. The van der Waals surface area contributed by atoms with E-state index in [0.29, 0.717) is 0 Å². The summed E-state index contributed by atoms with van der Waals surface area (Å²) in [6, 6.07) is 17.3. The van der Waals surface area contributed by atoms with E-state index in [1.807, 2.05) is 73.6 Å². The molecule has 0 saturated carbocycles. The van der Waals surface area contributed by atoms with Crippen molar-refractivity contribution in [3.63, 3.8) is 0 Å². The van der Waals surface area contributed by atoms with E-state index in [1.54, 1.807) is 6.08 Å². The van der Waals surface area contributed by atoms with E-state index in [9.17, 15) is 4.79 Å². The summed E-state index contributed by atoms with van der Waals surface area (Å²) >= 11 is 0. The van der Waals surface area contributed by atoms with Gasteiger partial charge in [0, 0.05) is 25.9 Å². The summed E-state index contributed by atoms with van der Waals surface area (Å²) in [7, 11) is 3.95. The minimum atomic E-state index is -0.509. The molecule has 112 valence electrons. The third-order valence-electron chi connectivity index (χ3n) is 2.97. The molecule has 0 aliphatic heterocycles. The molecule has 0 saturated heterocycles. The highest BCUT2D eigenvalue weighted by Gasteiger charge is 1.96. The highest BCUT2D eigenvalue weighted by Crippen LogP contribution is 2.11. The molecule has 0 fully saturated rings. The highest BCUT2D eigenvalue weighted by atomic mass is 16.7. The van der Waals surface area contributed by atoms with Crippen molar-refractivity contribution in [2.75, 3.05) is 19.0 Å². The first-order valence-corrected chi connectivity index (χ1v) is 6.90. The van der Waals surface area contributed by atoms with Crippen LogP contribution in [0, 0.1) is 0 Å². The molecule has 0 unspecified atom stereocenters. The normalized spacial score (nSPS) is 11.0. The van der Waals surface area contributed by atoms with Gasteiger partial charge in [0.25, 0.3) is 0 Å². The largest absolute Gasteiger partial charge is 0.378 e. The molecule has 4 nitrogen and oxygen atoms in total. The van der Waals surface area contributed by atoms with Gasteiger partial charge in [-0.15, -0.1) is 0 Å². The van der Waals surface area contributed by atoms with Crippen LogP contribution in [0.1, 0.15) is 11.1 Å². The van der Waals surface area contributed by atoms with E-state index in [2.05, 4.69) is 5.16 Å². The zero-order valence-electron chi connectivity index (χ0n) is 12.6. The molecule has 0 radical (unpaired) electrons. The molecule has 2 aromatic rings. The smallest absolute Gasteiger partial charge is 0.358 e. The maximum atomic E-state index is 11.5. The Labute approximate surface area is 130 Å². The van der Waals surface area contributed by atoms with Crippen molar-refractivity contribution in [2.24, 2.45) is 5.16 Å². The van der Waals surface area contributed by atoms with Crippen molar-refractivity contribution in [2.45, 2.75) is 0 Å². The van der Waals surface area contributed by atoms with Crippen molar-refractivity contribution >= 4 is 23.9 Å². The molecule has 0 amide bonds. The molecule has 0 bridgehead atoms. The summed E-state index contributed by atoms with van der Waals surface area (Å²) < 4.78 is 0. The van der Waals surface area contributed by atoms with Crippen molar-refractivity contribution in [1.29, 1.82) is 0 Å². The minimum Gasteiger partial charge on any atom is -0.378 e. The zero-order valence-corrected chi connectivity index (χ0v) is 12.6. The molecule has 0 spiro atoms. The molecule has 0 aliphatic carbocycles. The second-order valence-corrected chi connectivity index (χ2v) is 4.87. The number of oxime groups is 1. The number of carbonyl (C=O) groups is 1. The first-order chi connectivity index (χ1) is 10.6. The first kappa shape index (κ1) is 15.5. The zero-order chi connectivity index (χ0) is 15.8. The Bertz CT molecular complexity index is 659. The van der Waals surface area contributed by atoms with Crippen LogP contribution < -0.4 is 4.90 Å². The topological polar surface area (TPSA) is 41.9 Å². The van der Waals surface area contributed by atoms with Crippen LogP contribution >= 0.6 is 0 Å². The lowest BCUT2D eigenvalue weighted by Crippen LogP contribution is -2.08. The third kappa shape index (κ3) is 4.90. The maximum Gasteiger partial charge on any atom is 0.358 e. The second-order valence-electron chi connectivity index (χ2n) is 4.87. The molecule has 0 N–H and O–H groups in total. The van der Waals surface area contributed by atoms with Crippen LogP contribution in [-0.2, 0) is 9.63 Å². The first-order valence-electron chi connectivity index (χ1n) is 6.90. The summed E-state index contributed by atoms with van der Waals surface area (Å²) in [6.07, 6.45) is 4.54. The number of rotatable bonds is 5. The van der Waals surface area contributed by atoms with Gasteiger partial charge in [0.05, 0.1) is 6.21 Å². The van der Waals surface area contributed by atoms with Crippen LogP contribution in [0.3, 0.4) is 0 Å². The lowest BCUT2D eigenvalue weighted by Gasteiger charge is -2.11. The lowest BCUT2D eigenvalue weighted by atomic mass is 10.2. The number of hydrogen-bond acceptors (Lipinski definition) is 4. The van der Waals surface area contributed by atoms with Crippen molar-refractivity contribution in [1.82, 2.24) is 0 Å². The van der Waals surface area contributed by atoms with Crippen LogP contribution in [0.4, 0.5) is 5.69 Å². The lowest BCUT2D eigenvalue weighted by molar-refractivity contribution is -0.137. The van der Waals surface area contributed by atoms with Gasteiger partial charge in [-0.3, -0.25) is 0 Å². The number of benzene rings is 2. The Morgan fingerprint density at radius 3 is 2.32 bits per heavy atom. The van der Waals surface area contributed by atoms with Gasteiger partial charge in [-0.1, -0.05) is 47.6 Å². The molecular weight excluding hydrogens is 276 g/mol. The molecule has 0 atom stereocenters. The Balaban J connectivity index is 1.86. The van der Waals surface area contributed by atoms with Crippen LogP contribution in [0.15, 0.2) is 65.8 Å². The summed E-state index contributed by atoms with van der Waals surface area (Å²) in [5, 5.41) is 3.69. The standard InChI is InChI=1S/C18H18N2O2/c1-20(2)17-11-8-16(9-12-17)14-19-22-18(21)13-10-15-6-4-3-5-7-15/h3-14H,1-2H3/b13-10+,19-14+. The minimum absolute atomic E-state index is 0.509. The molecule has 22 heavy (non-hydrogen) atoms. The van der Waals surface area contributed by atoms with E-state index in [4.69, 9.17) is 4.84 Å². The van der Waals surface area contributed by atoms with Gasteiger partial charge in [-0.25, -0.2) is 4.79 Å². The molecule has 0 heterocycles. The molecular formula is C18H18N2O2. The molecule has 2 aromatic carbocycles. The molecule has 4 heteroatoms. The summed E-state index contributed by atoms with van der Waals surface area (Å²) in [5.41, 5.74) is 2.90. The molecule has 2 rings (SSSR count). The monoisotopic (exact) mass is 294 g/mol. The Morgan fingerprint density at radius 1 is 1.00 bits per heavy atom. The average molecular weight is 294 g/mol. The Hall–Kier alpha value is -2.88. The number of hydrogen-bond donors (Lipinski definition) is 0. The van der Waals surface area contributed by atoms with Gasteiger partial charge in [0.1, 0.15) is 0 Å². The van der Waals surface area contributed by atoms with Gasteiger partial charge >= 0.3 is 5.97 Å². The average Bonchev–Trinajstić information content (AvgIpc) is 2.54. The molecule has 0 aromatic heterocycles. The van der Waals surface area contributed by atoms with Crippen LogP contribution in [0.2, 0.25) is 0 Å². The van der Waals surface area contributed by atoms with Gasteiger partial charge in [0.2, 0.25) is 0 Å². The van der Waals surface area contributed by atoms with Crippen LogP contribution in [0.25, 0.3) is 6.08 Å². The van der Waals surface area contributed by atoms with E-state index in [1.165, 1.54) is 12.3 Å². The predicted molar refractivity (Wildman–Crippen MR) is 89.9 cm³/mol. The fourth-order valence-corrected chi connectivity index (χ4v) is 1.76. The van der Waals surface area contributed by atoms with Crippen LogP contribution in [-0.4, -0.2) is 26.3 Å². The van der Waals surface area contributed by atoms with Crippen molar-refractivity contribution in [3.05, 3.63) is 71.8 Å².